The monoisotopic (exact) mass is 446 g/mol. The summed E-state index contributed by atoms with van der Waals surface area (Å²) in [6.07, 6.45) is 0. The van der Waals surface area contributed by atoms with Crippen LogP contribution in [0.4, 0.5) is 4.39 Å². The number of nitrogens with zero attached hydrogens (tertiary/aromatic N) is 2. The van der Waals surface area contributed by atoms with Gasteiger partial charge in [0.15, 0.2) is 0 Å². The lowest BCUT2D eigenvalue weighted by atomic mass is 10.2. The Morgan fingerprint density at radius 1 is 0.821 bits per heavy atom. The largest absolute Gasteiger partial charge is 0.244 e. The van der Waals surface area contributed by atoms with E-state index in [9.17, 15) is 21.2 Å². The van der Waals surface area contributed by atoms with Crippen LogP contribution >= 0.6 is 11.6 Å². The van der Waals surface area contributed by atoms with Crippen LogP contribution in [0, 0.1) is 19.7 Å². The average molecular weight is 447 g/mol. The van der Waals surface area contributed by atoms with Crippen LogP contribution in [-0.4, -0.2) is 51.6 Å². The topological polar surface area (TPSA) is 74.8 Å². The summed E-state index contributed by atoms with van der Waals surface area (Å²) in [6, 6.07) is 8.29. The third-order valence-electron chi connectivity index (χ3n) is 4.67. The van der Waals surface area contributed by atoms with Crippen molar-refractivity contribution in [2.45, 2.75) is 23.6 Å². The molecule has 1 saturated heterocycles. The Kier molecular flexibility index (Phi) is 5.84. The first-order chi connectivity index (χ1) is 13.0. The SMILES string of the molecule is Cc1ccc(C)c(S(=O)(=O)N2CCN(S(=O)(=O)c3ccc(F)cc3Cl)CC2)c1. The fourth-order valence-electron chi connectivity index (χ4n) is 3.10. The molecule has 1 aliphatic heterocycles. The second-order valence-corrected chi connectivity index (χ2v) is 10.9. The van der Waals surface area contributed by atoms with Gasteiger partial charge < -0.3 is 0 Å². The number of sulfonamides is 2. The molecule has 0 atom stereocenters. The average Bonchev–Trinajstić information content (AvgIpc) is 2.63. The van der Waals surface area contributed by atoms with Gasteiger partial charge in [0.05, 0.1) is 9.92 Å². The first kappa shape index (κ1) is 21.2. The Hall–Kier alpha value is -1.52. The maximum atomic E-state index is 13.2. The third kappa shape index (κ3) is 3.95. The van der Waals surface area contributed by atoms with Crippen molar-refractivity contribution < 1.29 is 21.2 Å². The van der Waals surface area contributed by atoms with E-state index >= 15 is 0 Å². The van der Waals surface area contributed by atoms with Gasteiger partial charge in [-0.1, -0.05) is 23.7 Å². The van der Waals surface area contributed by atoms with Gasteiger partial charge in [-0.25, -0.2) is 21.2 Å². The number of halogens is 2. The first-order valence-corrected chi connectivity index (χ1v) is 11.8. The summed E-state index contributed by atoms with van der Waals surface area (Å²) in [4.78, 5) is 0.0341. The van der Waals surface area contributed by atoms with Gasteiger partial charge >= 0.3 is 0 Å². The molecule has 1 aliphatic rings. The van der Waals surface area contributed by atoms with Crippen molar-refractivity contribution in [3.63, 3.8) is 0 Å². The van der Waals surface area contributed by atoms with E-state index in [1.165, 1.54) is 8.61 Å². The Morgan fingerprint density at radius 2 is 1.36 bits per heavy atom. The summed E-state index contributed by atoms with van der Waals surface area (Å²) in [6.45, 7) is 3.56. The molecule has 1 heterocycles. The summed E-state index contributed by atoms with van der Waals surface area (Å²) in [7, 11) is -7.67. The van der Waals surface area contributed by atoms with Gasteiger partial charge in [0.1, 0.15) is 10.7 Å². The molecule has 0 aliphatic carbocycles. The highest BCUT2D eigenvalue weighted by Crippen LogP contribution is 2.28. The van der Waals surface area contributed by atoms with Gasteiger partial charge in [-0.2, -0.15) is 8.61 Å². The first-order valence-electron chi connectivity index (χ1n) is 8.56. The minimum absolute atomic E-state index is 0.0138. The van der Waals surface area contributed by atoms with Crippen LogP contribution in [-0.2, 0) is 20.0 Å². The summed E-state index contributed by atoms with van der Waals surface area (Å²) < 4.78 is 67.2. The minimum Gasteiger partial charge on any atom is -0.207 e. The normalized spacial score (nSPS) is 17.0. The molecule has 0 amide bonds. The van der Waals surface area contributed by atoms with Crippen LogP contribution in [0.25, 0.3) is 0 Å². The van der Waals surface area contributed by atoms with Gasteiger partial charge in [-0.15, -0.1) is 0 Å². The van der Waals surface area contributed by atoms with E-state index in [0.717, 1.165) is 23.8 Å². The molecule has 0 radical (unpaired) electrons. The molecule has 0 saturated carbocycles. The van der Waals surface area contributed by atoms with E-state index < -0.39 is 25.9 Å². The van der Waals surface area contributed by atoms with Gasteiger partial charge in [0, 0.05) is 26.2 Å². The Bertz CT molecular complexity index is 1110. The van der Waals surface area contributed by atoms with Crippen molar-refractivity contribution in [3.05, 3.63) is 58.4 Å². The van der Waals surface area contributed by atoms with Crippen molar-refractivity contribution in [1.29, 1.82) is 0 Å². The van der Waals surface area contributed by atoms with E-state index in [1.807, 2.05) is 13.0 Å². The fourth-order valence-corrected chi connectivity index (χ4v) is 6.76. The molecule has 28 heavy (non-hydrogen) atoms. The number of hydrogen-bond acceptors (Lipinski definition) is 4. The van der Waals surface area contributed by atoms with Crippen molar-refractivity contribution in [1.82, 2.24) is 8.61 Å². The molecule has 0 bridgehead atoms. The van der Waals surface area contributed by atoms with Crippen molar-refractivity contribution in [2.75, 3.05) is 26.2 Å². The summed E-state index contributed by atoms with van der Waals surface area (Å²) in [5.74, 6) is -0.631. The number of aryl methyl sites for hydroxylation is 2. The maximum Gasteiger partial charge on any atom is 0.244 e. The quantitative estimate of drug-likeness (QED) is 0.723. The highest BCUT2D eigenvalue weighted by Gasteiger charge is 2.35. The van der Waals surface area contributed by atoms with Gasteiger partial charge in [-0.05, 0) is 49.2 Å². The fraction of sp³-hybridized carbons (Fsp3) is 0.333. The lowest BCUT2D eigenvalue weighted by molar-refractivity contribution is 0.272. The molecule has 152 valence electrons. The van der Waals surface area contributed by atoms with Crippen molar-refractivity contribution in [3.8, 4) is 0 Å². The summed E-state index contributed by atoms with van der Waals surface area (Å²) in [5.41, 5.74) is 1.47. The summed E-state index contributed by atoms with van der Waals surface area (Å²) in [5, 5.41) is -0.203. The lowest BCUT2D eigenvalue weighted by Crippen LogP contribution is -2.50. The molecule has 3 rings (SSSR count). The summed E-state index contributed by atoms with van der Waals surface area (Å²) >= 11 is 5.89. The van der Waals surface area contributed by atoms with Crippen LogP contribution in [0.1, 0.15) is 11.1 Å². The molecule has 0 unspecified atom stereocenters. The molecule has 0 N–H and O–H groups in total. The lowest BCUT2D eigenvalue weighted by Gasteiger charge is -2.33. The second kappa shape index (κ2) is 7.72. The van der Waals surface area contributed by atoms with Crippen molar-refractivity contribution in [2.24, 2.45) is 0 Å². The highest BCUT2D eigenvalue weighted by molar-refractivity contribution is 7.89. The molecule has 2 aromatic carbocycles. The smallest absolute Gasteiger partial charge is 0.207 e. The zero-order valence-electron chi connectivity index (χ0n) is 15.4. The molecular formula is C18H20ClFN2O4S2. The van der Waals surface area contributed by atoms with Crippen molar-refractivity contribution >= 4 is 31.6 Å². The number of hydrogen-bond donors (Lipinski definition) is 0. The zero-order chi connectivity index (χ0) is 20.7. The predicted molar refractivity (Wildman–Crippen MR) is 105 cm³/mol. The predicted octanol–water partition coefficient (Wildman–Crippen LogP) is 2.79. The van der Waals surface area contributed by atoms with Crippen LogP contribution in [0.15, 0.2) is 46.2 Å². The van der Waals surface area contributed by atoms with E-state index in [0.29, 0.717) is 5.56 Å². The van der Waals surface area contributed by atoms with E-state index in [4.69, 9.17) is 11.6 Å². The van der Waals surface area contributed by atoms with Crippen LogP contribution in [0.3, 0.4) is 0 Å². The van der Waals surface area contributed by atoms with Gasteiger partial charge in [-0.3, -0.25) is 0 Å². The highest BCUT2D eigenvalue weighted by atomic mass is 35.5. The number of piperazine rings is 1. The number of rotatable bonds is 4. The maximum absolute atomic E-state index is 13.2. The Labute approximate surface area is 169 Å². The van der Waals surface area contributed by atoms with Crippen LogP contribution in [0.5, 0.6) is 0 Å². The molecular weight excluding hydrogens is 427 g/mol. The Morgan fingerprint density at radius 3 is 1.89 bits per heavy atom. The molecule has 0 aromatic heterocycles. The molecule has 10 heteroatoms. The van der Waals surface area contributed by atoms with Gasteiger partial charge in [0.25, 0.3) is 0 Å². The molecule has 6 nitrogen and oxygen atoms in total. The molecule has 1 fully saturated rings. The molecule has 0 spiro atoms. The van der Waals surface area contributed by atoms with E-state index in [-0.39, 0.29) is 41.0 Å². The minimum atomic E-state index is -3.94. The Balaban J connectivity index is 1.81. The van der Waals surface area contributed by atoms with E-state index in [1.54, 1.807) is 19.1 Å². The number of benzene rings is 2. The standard InChI is InChI=1S/C18H20ClFN2O4S2/c1-13-3-4-14(2)18(11-13)28(25,26)22-9-7-21(8-10-22)27(23,24)17-6-5-15(20)12-16(17)19/h3-6,11-12H,7-10H2,1-2H3. The molecule has 2 aromatic rings. The van der Waals surface area contributed by atoms with Gasteiger partial charge in [0.2, 0.25) is 20.0 Å². The second-order valence-electron chi connectivity index (χ2n) is 6.65. The van der Waals surface area contributed by atoms with Crippen LogP contribution in [0.2, 0.25) is 5.02 Å². The van der Waals surface area contributed by atoms with E-state index in [2.05, 4.69) is 0 Å². The zero-order valence-corrected chi connectivity index (χ0v) is 17.8. The third-order valence-corrected chi connectivity index (χ3v) is 9.09. The van der Waals surface area contributed by atoms with Crippen LogP contribution < -0.4 is 0 Å².